The number of carbonyl (C=O) groups is 1. The van der Waals surface area contributed by atoms with E-state index in [1.54, 1.807) is 0 Å². The Hall–Kier alpha value is -0.910. The molecule has 0 aromatic heterocycles. The summed E-state index contributed by atoms with van der Waals surface area (Å²) >= 11 is 1.93. The predicted octanol–water partition coefficient (Wildman–Crippen LogP) is 0.382. The van der Waals surface area contributed by atoms with Crippen LogP contribution in [0.3, 0.4) is 0 Å². The summed E-state index contributed by atoms with van der Waals surface area (Å²) in [6.07, 6.45) is 2.55. The van der Waals surface area contributed by atoms with Crippen LogP contribution in [-0.4, -0.2) is 35.0 Å². The van der Waals surface area contributed by atoms with Gasteiger partial charge in [-0.2, -0.15) is 11.8 Å². The van der Waals surface area contributed by atoms with Crippen LogP contribution >= 0.6 is 11.8 Å². The maximum Gasteiger partial charge on any atom is 0.233 e. The van der Waals surface area contributed by atoms with Crippen LogP contribution in [0.25, 0.3) is 0 Å². The molecule has 5 nitrogen and oxygen atoms in total. The van der Waals surface area contributed by atoms with Crippen LogP contribution in [0.4, 0.5) is 0 Å². The zero-order valence-electron chi connectivity index (χ0n) is 9.11. The molecule has 1 atom stereocenters. The summed E-state index contributed by atoms with van der Waals surface area (Å²) in [7, 11) is 0. The lowest BCUT2D eigenvalue weighted by Crippen LogP contribution is -2.42. The van der Waals surface area contributed by atoms with Gasteiger partial charge in [-0.1, -0.05) is 5.16 Å². The Kier molecular flexibility index (Phi) is 3.28. The van der Waals surface area contributed by atoms with E-state index >= 15 is 0 Å². The van der Waals surface area contributed by atoms with Gasteiger partial charge in [-0.05, 0) is 36.7 Å². The van der Waals surface area contributed by atoms with E-state index in [1.165, 1.54) is 12.2 Å². The number of amides is 1. The van der Waals surface area contributed by atoms with E-state index in [0.717, 1.165) is 5.75 Å². The minimum Gasteiger partial charge on any atom is -0.409 e. The van der Waals surface area contributed by atoms with Gasteiger partial charge in [0.25, 0.3) is 0 Å². The number of nitrogens with two attached hydrogens (primary N) is 1. The maximum atomic E-state index is 11.9. The third kappa shape index (κ3) is 2.11. The number of thioether (sulfide) groups is 1. The van der Waals surface area contributed by atoms with E-state index in [-0.39, 0.29) is 11.7 Å². The van der Waals surface area contributed by atoms with Gasteiger partial charge in [-0.25, -0.2) is 0 Å². The first-order chi connectivity index (χ1) is 7.69. The molecule has 1 heterocycles. The number of oxime groups is 1. The molecule has 90 valence electrons. The molecule has 0 aromatic rings. The Morgan fingerprint density at radius 3 is 2.88 bits per heavy atom. The average molecular weight is 243 g/mol. The van der Waals surface area contributed by atoms with Crippen LogP contribution in [0.15, 0.2) is 5.16 Å². The Balaban J connectivity index is 1.83. The van der Waals surface area contributed by atoms with E-state index in [1.807, 2.05) is 11.8 Å². The van der Waals surface area contributed by atoms with Crippen molar-refractivity contribution in [1.29, 1.82) is 0 Å². The first-order valence-corrected chi connectivity index (χ1v) is 6.68. The zero-order valence-corrected chi connectivity index (χ0v) is 9.92. The summed E-state index contributed by atoms with van der Waals surface area (Å²) in [5, 5.41) is 14.5. The fraction of sp³-hybridized carbons (Fsp3) is 0.800. The van der Waals surface area contributed by atoms with Gasteiger partial charge in [0.15, 0.2) is 5.84 Å². The molecule has 1 aliphatic carbocycles. The molecule has 0 radical (unpaired) electrons. The summed E-state index contributed by atoms with van der Waals surface area (Å²) < 4.78 is 0. The number of carbonyl (C=O) groups excluding carboxylic acids is 1. The molecule has 1 unspecified atom stereocenters. The van der Waals surface area contributed by atoms with E-state index in [0.29, 0.717) is 25.3 Å². The molecule has 6 heteroatoms. The highest BCUT2D eigenvalue weighted by Crippen LogP contribution is 2.46. The first-order valence-electron chi connectivity index (χ1n) is 5.53. The topological polar surface area (TPSA) is 87.7 Å². The molecule has 0 bridgehead atoms. The SMILES string of the molecule is NC(=NO)C1(C(=O)NCC2CCSC2)CC1. The van der Waals surface area contributed by atoms with Crippen LogP contribution in [-0.2, 0) is 4.79 Å². The number of amidine groups is 1. The van der Waals surface area contributed by atoms with Gasteiger partial charge < -0.3 is 16.3 Å². The van der Waals surface area contributed by atoms with Gasteiger partial charge >= 0.3 is 0 Å². The molecule has 1 amide bonds. The molecule has 4 N–H and O–H groups in total. The highest BCUT2D eigenvalue weighted by atomic mass is 32.2. The molecule has 1 aliphatic heterocycles. The fourth-order valence-electron chi connectivity index (χ4n) is 1.97. The second-order valence-corrected chi connectivity index (χ2v) is 5.66. The van der Waals surface area contributed by atoms with Crippen LogP contribution in [0.5, 0.6) is 0 Å². The average Bonchev–Trinajstić information content (AvgIpc) is 2.95. The van der Waals surface area contributed by atoms with Crippen molar-refractivity contribution >= 4 is 23.5 Å². The fourth-order valence-corrected chi connectivity index (χ4v) is 3.26. The van der Waals surface area contributed by atoms with Crippen molar-refractivity contribution in [3.05, 3.63) is 0 Å². The van der Waals surface area contributed by atoms with Crippen molar-refractivity contribution < 1.29 is 10.0 Å². The third-order valence-electron chi connectivity index (χ3n) is 3.36. The number of nitrogens with one attached hydrogen (secondary N) is 1. The second kappa shape index (κ2) is 4.53. The number of nitrogens with zero attached hydrogens (tertiary/aromatic N) is 1. The molecule has 2 rings (SSSR count). The summed E-state index contributed by atoms with van der Waals surface area (Å²) in [5.41, 5.74) is 4.83. The van der Waals surface area contributed by atoms with Crippen molar-refractivity contribution in [2.75, 3.05) is 18.1 Å². The standard InChI is InChI=1S/C10H17N3O2S/c11-8(13-15)10(2-3-10)9(14)12-5-7-1-4-16-6-7/h7,15H,1-6H2,(H2,11,13)(H,12,14). The summed E-state index contributed by atoms with van der Waals surface area (Å²) in [4.78, 5) is 11.9. The van der Waals surface area contributed by atoms with Crippen LogP contribution < -0.4 is 11.1 Å². The van der Waals surface area contributed by atoms with Crippen LogP contribution in [0, 0.1) is 11.3 Å². The summed E-state index contributed by atoms with van der Waals surface area (Å²) in [6, 6.07) is 0. The number of hydrogen-bond acceptors (Lipinski definition) is 4. The molecular formula is C10H17N3O2S. The lowest BCUT2D eigenvalue weighted by molar-refractivity contribution is -0.124. The van der Waals surface area contributed by atoms with Crippen molar-refractivity contribution in [2.24, 2.45) is 22.2 Å². The van der Waals surface area contributed by atoms with Gasteiger partial charge in [-0.15, -0.1) is 0 Å². The minimum atomic E-state index is -0.708. The summed E-state index contributed by atoms with van der Waals surface area (Å²) in [6.45, 7) is 0.715. The molecular weight excluding hydrogens is 226 g/mol. The Labute approximate surface area is 98.8 Å². The summed E-state index contributed by atoms with van der Waals surface area (Å²) in [5.74, 6) is 2.85. The van der Waals surface area contributed by atoms with Gasteiger partial charge in [0, 0.05) is 6.54 Å². The lowest BCUT2D eigenvalue weighted by Gasteiger charge is -2.15. The first kappa shape index (κ1) is 11.6. The maximum absolute atomic E-state index is 11.9. The second-order valence-electron chi connectivity index (χ2n) is 4.51. The molecule has 1 saturated heterocycles. The highest BCUT2D eigenvalue weighted by molar-refractivity contribution is 7.99. The highest BCUT2D eigenvalue weighted by Gasteiger charge is 2.54. The van der Waals surface area contributed by atoms with Crippen LogP contribution in [0.2, 0.25) is 0 Å². The monoisotopic (exact) mass is 243 g/mol. The largest absolute Gasteiger partial charge is 0.409 e. The molecule has 0 aromatic carbocycles. The Bertz CT molecular complexity index is 309. The molecule has 2 fully saturated rings. The minimum absolute atomic E-state index is 0.0470. The number of hydrogen-bond donors (Lipinski definition) is 3. The van der Waals surface area contributed by atoms with E-state index in [2.05, 4.69) is 10.5 Å². The van der Waals surface area contributed by atoms with Crippen molar-refractivity contribution in [2.45, 2.75) is 19.3 Å². The van der Waals surface area contributed by atoms with Crippen molar-refractivity contribution in [3.63, 3.8) is 0 Å². The van der Waals surface area contributed by atoms with Gasteiger partial charge in [0.1, 0.15) is 5.41 Å². The molecule has 1 saturated carbocycles. The van der Waals surface area contributed by atoms with Gasteiger partial charge in [-0.3, -0.25) is 4.79 Å². The molecule has 16 heavy (non-hydrogen) atoms. The van der Waals surface area contributed by atoms with Crippen molar-refractivity contribution in [3.8, 4) is 0 Å². The van der Waals surface area contributed by atoms with E-state index < -0.39 is 5.41 Å². The molecule has 0 spiro atoms. The van der Waals surface area contributed by atoms with E-state index in [9.17, 15) is 4.79 Å². The third-order valence-corrected chi connectivity index (χ3v) is 4.59. The quantitative estimate of drug-likeness (QED) is 0.288. The van der Waals surface area contributed by atoms with Gasteiger partial charge in [0.05, 0.1) is 0 Å². The van der Waals surface area contributed by atoms with Crippen LogP contribution in [0.1, 0.15) is 19.3 Å². The predicted molar refractivity (Wildman–Crippen MR) is 63.5 cm³/mol. The normalized spacial score (nSPS) is 27.8. The Morgan fingerprint density at radius 1 is 1.62 bits per heavy atom. The molecule has 2 aliphatic rings. The lowest BCUT2D eigenvalue weighted by atomic mass is 10.0. The van der Waals surface area contributed by atoms with Gasteiger partial charge in [0.2, 0.25) is 5.91 Å². The van der Waals surface area contributed by atoms with E-state index in [4.69, 9.17) is 10.9 Å². The smallest absolute Gasteiger partial charge is 0.233 e. The zero-order chi connectivity index (χ0) is 11.6. The number of rotatable bonds is 4. The Morgan fingerprint density at radius 2 is 2.38 bits per heavy atom. The van der Waals surface area contributed by atoms with Crippen molar-refractivity contribution in [1.82, 2.24) is 5.32 Å².